The number of ether oxygens (including phenoxy) is 3. The largest absolute Gasteiger partial charge is 0.507 e. The molecule has 1 fully saturated rings. The van der Waals surface area contributed by atoms with Crippen LogP contribution in [0.4, 0.5) is 5.13 Å². The van der Waals surface area contributed by atoms with E-state index >= 15 is 0 Å². The topological polar surface area (TPSA) is 98.2 Å². The van der Waals surface area contributed by atoms with Gasteiger partial charge in [-0.15, -0.1) is 0 Å². The Morgan fingerprint density at radius 3 is 2.43 bits per heavy atom. The van der Waals surface area contributed by atoms with E-state index in [4.69, 9.17) is 30.8 Å². The number of hydrogen-bond acceptors (Lipinski definition) is 8. The molecule has 0 aliphatic carbocycles. The predicted molar refractivity (Wildman–Crippen MR) is 165 cm³/mol. The zero-order valence-electron chi connectivity index (χ0n) is 23.6. The van der Waals surface area contributed by atoms with E-state index in [1.807, 2.05) is 32.0 Å². The van der Waals surface area contributed by atoms with E-state index in [9.17, 15) is 14.7 Å². The maximum Gasteiger partial charge on any atom is 0.301 e. The second-order valence-corrected chi connectivity index (χ2v) is 11.0. The number of aliphatic hydroxyl groups excluding tert-OH is 1. The van der Waals surface area contributed by atoms with Crippen molar-refractivity contribution >= 4 is 55.7 Å². The fourth-order valence-electron chi connectivity index (χ4n) is 4.77. The van der Waals surface area contributed by atoms with Gasteiger partial charge in [-0.3, -0.25) is 14.5 Å². The average molecular weight is 607 g/mol. The number of aliphatic hydroxyl groups is 1. The molecule has 1 atom stereocenters. The fourth-order valence-corrected chi connectivity index (χ4v) is 5.92. The van der Waals surface area contributed by atoms with Crippen LogP contribution < -0.4 is 19.1 Å². The molecule has 0 spiro atoms. The Balaban J connectivity index is 1.67. The van der Waals surface area contributed by atoms with Crippen LogP contribution in [-0.4, -0.2) is 41.6 Å². The van der Waals surface area contributed by atoms with Gasteiger partial charge < -0.3 is 19.3 Å². The summed E-state index contributed by atoms with van der Waals surface area (Å²) < 4.78 is 18.3. The molecule has 3 aromatic carbocycles. The van der Waals surface area contributed by atoms with E-state index in [1.165, 1.54) is 16.2 Å². The van der Waals surface area contributed by atoms with Crippen LogP contribution in [-0.2, 0) is 9.59 Å². The lowest BCUT2D eigenvalue weighted by molar-refractivity contribution is -0.132. The lowest BCUT2D eigenvalue weighted by Crippen LogP contribution is -2.29. The maximum absolute atomic E-state index is 13.7. The number of hydrogen-bond donors (Lipinski definition) is 1. The summed E-state index contributed by atoms with van der Waals surface area (Å²) in [4.78, 5) is 33.4. The van der Waals surface area contributed by atoms with Gasteiger partial charge in [-0.2, -0.15) is 0 Å². The number of fused-ring (bicyclic) bond motifs is 1. The van der Waals surface area contributed by atoms with Gasteiger partial charge in [0.2, 0.25) is 0 Å². The normalized spacial score (nSPS) is 16.3. The molecule has 0 bridgehead atoms. The van der Waals surface area contributed by atoms with E-state index in [1.54, 1.807) is 42.5 Å². The number of carbonyl (C=O) groups is 2. The highest BCUT2D eigenvalue weighted by atomic mass is 35.5. The van der Waals surface area contributed by atoms with Crippen molar-refractivity contribution in [3.63, 3.8) is 0 Å². The summed E-state index contributed by atoms with van der Waals surface area (Å²) in [6.07, 6.45) is 1.87. The number of rotatable bonds is 11. The summed E-state index contributed by atoms with van der Waals surface area (Å²) in [5, 5.41) is 12.2. The third-order valence-corrected chi connectivity index (χ3v) is 8.04. The second-order valence-electron chi connectivity index (χ2n) is 9.58. The van der Waals surface area contributed by atoms with Gasteiger partial charge in [0.15, 0.2) is 16.6 Å². The second kappa shape index (κ2) is 12.8. The number of amides is 1. The smallest absolute Gasteiger partial charge is 0.301 e. The lowest BCUT2D eigenvalue weighted by atomic mass is 9.95. The molecule has 1 aliphatic rings. The Labute approximate surface area is 253 Å². The van der Waals surface area contributed by atoms with Crippen LogP contribution in [0.5, 0.6) is 17.2 Å². The van der Waals surface area contributed by atoms with Crippen LogP contribution >= 0.6 is 22.9 Å². The minimum absolute atomic E-state index is 0.0568. The number of carbonyl (C=O) groups excluding carboxylic acids is 2. The van der Waals surface area contributed by atoms with Crippen LogP contribution in [0, 0.1) is 0 Å². The first-order valence-electron chi connectivity index (χ1n) is 13.9. The zero-order chi connectivity index (χ0) is 29.8. The molecule has 1 aromatic heterocycles. The van der Waals surface area contributed by atoms with Gasteiger partial charge >= 0.3 is 5.91 Å². The van der Waals surface area contributed by atoms with E-state index in [2.05, 4.69) is 6.92 Å². The predicted octanol–water partition coefficient (Wildman–Crippen LogP) is 7.55. The van der Waals surface area contributed by atoms with E-state index in [0.29, 0.717) is 63.9 Å². The minimum atomic E-state index is -0.975. The minimum Gasteiger partial charge on any atom is -0.507 e. The van der Waals surface area contributed by atoms with Gasteiger partial charge in [0, 0.05) is 10.6 Å². The monoisotopic (exact) mass is 606 g/mol. The average Bonchev–Trinajstić information content (AvgIpc) is 3.51. The van der Waals surface area contributed by atoms with Crippen molar-refractivity contribution in [3.05, 3.63) is 82.4 Å². The highest BCUT2D eigenvalue weighted by Gasteiger charge is 2.48. The Hall–Kier alpha value is -4.08. The molecule has 5 rings (SSSR count). The van der Waals surface area contributed by atoms with Gasteiger partial charge in [-0.25, -0.2) is 4.98 Å². The zero-order valence-corrected chi connectivity index (χ0v) is 25.1. The molecule has 4 aromatic rings. The quantitative estimate of drug-likeness (QED) is 0.0814. The van der Waals surface area contributed by atoms with Crippen LogP contribution in [0.3, 0.4) is 0 Å². The summed E-state index contributed by atoms with van der Waals surface area (Å²) in [6, 6.07) is 16.2. The molecule has 1 saturated heterocycles. The standard InChI is InChI=1S/C32H31ClN2O6S/c1-4-7-16-41-24-15-10-20(17-25(24)40-6-3)28-27(29(36)19-8-11-21(33)12-9-19)30(37)31(38)35(28)32-34-23-14-13-22(39-5-2)18-26(23)42-32/h8-15,17-18,28,36H,4-7,16H2,1-3H3. The van der Waals surface area contributed by atoms with Crippen LogP contribution in [0.2, 0.25) is 5.02 Å². The molecular formula is C32H31ClN2O6S. The molecule has 0 radical (unpaired) electrons. The molecule has 1 aliphatic heterocycles. The number of ketones is 1. The molecule has 1 N–H and O–H groups in total. The van der Waals surface area contributed by atoms with E-state index < -0.39 is 17.7 Å². The molecule has 8 nitrogen and oxygen atoms in total. The molecule has 10 heteroatoms. The number of thiazole rings is 1. The molecule has 1 amide bonds. The van der Waals surface area contributed by atoms with Crippen molar-refractivity contribution in [1.82, 2.24) is 4.98 Å². The van der Waals surface area contributed by atoms with Crippen molar-refractivity contribution in [3.8, 4) is 17.2 Å². The number of aromatic nitrogens is 1. The van der Waals surface area contributed by atoms with Crippen LogP contribution in [0.1, 0.15) is 50.8 Å². The lowest BCUT2D eigenvalue weighted by Gasteiger charge is -2.24. The van der Waals surface area contributed by atoms with Gasteiger partial charge in [0.25, 0.3) is 5.78 Å². The fraction of sp³-hybridized carbons (Fsp3) is 0.281. The molecular weight excluding hydrogens is 576 g/mol. The number of Topliss-reactive ketones (excluding diaryl/α,β-unsaturated/α-hetero) is 1. The van der Waals surface area contributed by atoms with Crippen LogP contribution in [0.25, 0.3) is 16.0 Å². The van der Waals surface area contributed by atoms with Crippen LogP contribution in [0.15, 0.2) is 66.2 Å². The van der Waals surface area contributed by atoms with Gasteiger partial charge in [0.1, 0.15) is 11.5 Å². The highest BCUT2D eigenvalue weighted by molar-refractivity contribution is 7.22. The summed E-state index contributed by atoms with van der Waals surface area (Å²) >= 11 is 7.33. The van der Waals surface area contributed by atoms with Crippen molar-refractivity contribution in [2.75, 3.05) is 24.7 Å². The van der Waals surface area contributed by atoms with Crippen molar-refractivity contribution in [2.24, 2.45) is 0 Å². The van der Waals surface area contributed by atoms with Crippen molar-refractivity contribution in [1.29, 1.82) is 0 Å². The summed E-state index contributed by atoms with van der Waals surface area (Å²) in [5.74, 6) is -0.190. The summed E-state index contributed by atoms with van der Waals surface area (Å²) in [7, 11) is 0. The Bertz CT molecular complexity index is 1650. The SMILES string of the molecule is CCCCOc1ccc(C2C(=C(O)c3ccc(Cl)cc3)C(=O)C(=O)N2c2nc3ccc(OCC)cc3s2)cc1OCC. The Morgan fingerprint density at radius 2 is 1.71 bits per heavy atom. The molecule has 218 valence electrons. The molecule has 42 heavy (non-hydrogen) atoms. The number of halogens is 1. The van der Waals surface area contributed by atoms with Gasteiger partial charge in [0.05, 0.1) is 41.7 Å². The van der Waals surface area contributed by atoms with E-state index in [-0.39, 0.29) is 11.3 Å². The summed E-state index contributed by atoms with van der Waals surface area (Å²) in [5.41, 5.74) is 1.52. The molecule has 0 saturated carbocycles. The maximum atomic E-state index is 13.7. The Morgan fingerprint density at radius 1 is 0.952 bits per heavy atom. The first kappa shape index (κ1) is 29.4. The third-order valence-electron chi connectivity index (χ3n) is 6.77. The number of benzene rings is 3. The van der Waals surface area contributed by atoms with Crippen molar-refractivity contribution < 1.29 is 28.9 Å². The third kappa shape index (κ3) is 5.80. The summed E-state index contributed by atoms with van der Waals surface area (Å²) in [6.45, 7) is 7.28. The van der Waals surface area contributed by atoms with Crippen molar-refractivity contribution in [2.45, 2.75) is 39.7 Å². The number of unbranched alkanes of at least 4 members (excludes halogenated alkanes) is 1. The van der Waals surface area contributed by atoms with Gasteiger partial charge in [-0.05, 0) is 80.4 Å². The first-order valence-corrected chi connectivity index (χ1v) is 15.1. The molecule has 1 unspecified atom stereocenters. The molecule has 2 heterocycles. The van der Waals surface area contributed by atoms with Gasteiger partial charge in [-0.1, -0.05) is 42.3 Å². The first-order chi connectivity index (χ1) is 20.4. The van der Waals surface area contributed by atoms with E-state index in [0.717, 1.165) is 17.5 Å². The Kier molecular flexibility index (Phi) is 8.99. The highest BCUT2D eigenvalue weighted by Crippen LogP contribution is 2.46. The number of nitrogens with zero attached hydrogens (tertiary/aromatic N) is 2. The number of anilines is 1.